The molecule has 1 unspecified atom stereocenters. The molecule has 0 radical (unpaired) electrons. The van der Waals surface area contributed by atoms with Crippen molar-refractivity contribution in [3.8, 4) is 0 Å². The van der Waals surface area contributed by atoms with E-state index in [1.807, 2.05) is 13.8 Å². The van der Waals surface area contributed by atoms with Gasteiger partial charge in [0.05, 0.1) is 0 Å². The summed E-state index contributed by atoms with van der Waals surface area (Å²) in [5, 5.41) is 9.13. The van der Waals surface area contributed by atoms with Crippen molar-refractivity contribution in [3.05, 3.63) is 0 Å². The minimum Gasteiger partial charge on any atom is -0.480 e. The first-order chi connectivity index (χ1) is 6.33. The van der Waals surface area contributed by atoms with Crippen LogP contribution in [-0.4, -0.2) is 35.1 Å². The van der Waals surface area contributed by atoms with Gasteiger partial charge in [-0.05, 0) is 24.3 Å². The molecule has 0 saturated carbocycles. The minimum atomic E-state index is -0.683. The van der Waals surface area contributed by atoms with Crippen LogP contribution in [0.25, 0.3) is 0 Å². The van der Waals surface area contributed by atoms with E-state index in [0.717, 1.165) is 19.5 Å². The summed E-state index contributed by atoms with van der Waals surface area (Å²) in [7, 11) is 0. The van der Waals surface area contributed by atoms with Crippen LogP contribution in [0.15, 0.2) is 0 Å². The van der Waals surface area contributed by atoms with Crippen LogP contribution in [0.5, 0.6) is 0 Å². The lowest BCUT2D eigenvalue weighted by molar-refractivity contribution is -0.144. The number of hydrogen-bond donors (Lipinski definition) is 1. The van der Waals surface area contributed by atoms with Crippen molar-refractivity contribution in [1.82, 2.24) is 4.90 Å². The third kappa shape index (κ3) is 2.47. The molecule has 3 nitrogen and oxygen atoms in total. The van der Waals surface area contributed by atoms with Crippen molar-refractivity contribution in [3.63, 3.8) is 0 Å². The van der Waals surface area contributed by atoms with Gasteiger partial charge in [0, 0.05) is 6.54 Å². The Balaban J connectivity index is 2.68. The van der Waals surface area contributed by atoms with Crippen molar-refractivity contribution in [2.24, 2.45) is 11.3 Å². The number of hydrogen-bond acceptors (Lipinski definition) is 2. The van der Waals surface area contributed by atoms with Gasteiger partial charge in [-0.1, -0.05) is 27.7 Å². The maximum atomic E-state index is 11.1. The summed E-state index contributed by atoms with van der Waals surface area (Å²) < 4.78 is 0. The molecule has 0 aromatic rings. The molecule has 0 amide bonds. The number of carboxylic acid groups (broad SMARTS) is 1. The third-order valence-electron chi connectivity index (χ3n) is 2.98. The maximum absolute atomic E-state index is 11.1. The molecule has 1 atom stereocenters. The number of nitrogens with zero attached hydrogens (tertiary/aromatic N) is 1. The fraction of sp³-hybridized carbons (Fsp3) is 0.909. The Labute approximate surface area is 86.1 Å². The Morgan fingerprint density at radius 3 is 2.29 bits per heavy atom. The number of carboxylic acids is 1. The molecule has 82 valence electrons. The first kappa shape index (κ1) is 11.5. The number of likely N-dealkylation sites (tertiary alicyclic amines) is 1. The predicted molar refractivity (Wildman–Crippen MR) is 56.2 cm³/mol. The number of rotatable bonds is 3. The Kier molecular flexibility index (Phi) is 3.20. The summed E-state index contributed by atoms with van der Waals surface area (Å²) in [5.41, 5.74) is 0.280. The van der Waals surface area contributed by atoms with Crippen molar-refractivity contribution in [2.45, 2.75) is 40.2 Å². The van der Waals surface area contributed by atoms with Gasteiger partial charge in [-0.2, -0.15) is 0 Å². The zero-order valence-electron chi connectivity index (χ0n) is 9.58. The molecule has 0 bridgehead atoms. The van der Waals surface area contributed by atoms with Crippen molar-refractivity contribution in [2.75, 3.05) is 13.1 Å². The van der Waals surface area contributed by atoms with E-state index in [-0.39, 0.29) is 17.4 Å². The summed E-state index contributed by atoms with van der Waals surface area (Å²) in [4.78, 5) is 13.2. The SMILES string of the molecule is CC(C)C(C(=O)O)N1CCC(C)(C)C1. The largest absolute Gasteiger partial charge is 0.480 e. The van der Waals surface area contributed by atoms with E-state index in [1.165, 1.54) is 0 Å². The molecule has 1 heterocycles. The molecular formula is C11H21NO2. The van der Waals surface area contributed by atoms with Crippen LogP contribution in [0, 0.1) is 11.3 Å². The van der Waals surface area contributed by atoms with E-state index in [0.29, 0.717) is 0 Å². The molecule has 0 aliphatic carbocycles. The number of carbonyl (C=O) groups is 1. The van der Waals surface area contributed by atoms with Gasteiger partial charge in [0.25, 0.3) is 0 Å². The average Bonchev–Trinajstić information content (AvgIpc) is 2.28. The standard InChI is InChI=1S/C11H21NO2/c1-8(2)9(10(13)14)12-6-5-11(3,4)7-12/h8-9H,5-7H2,1-4H3,(H,13,14). The Hall–Kier alpha value is -0.570. The van der Waals surface area contributed by atoms with Gasteiger partial charge >= 0.3 is 5.97 Å². The lowest BCUT2D eigenvalue weighted by atomic mass is 9.93. The Bertz CT molecular complexity index is 223. The zero-order valence-corrected chi connectivity index (χ0v) is 9.58. The highest BCUT2D eigenvalue weighted by atomic mass is 16.4. The van der Waals surface area contributed by atoms with Crippen LogP contribution >= 0.6 is 0 Å². The monoisotopic (exact) mass is 199 g/mol. The first-order valence-electron chi connectivity index (χ1n) is 5.30. The molecule has 1 aliphatic heterocycles. The zero-order chi connectivity index (χ0) is 10.9. The van der Waals surface area contributed by atoms with E-state index >= 15 is 0 Å². The molecule has 0 spiro atoms. The van der Waals surface area contributed by atoms with E-state index < -0.39 is 5.97 Å². The second kappa shape index (κ2) is 3.89. The van der Waals surface area contributed by atoms with Gasteiger partial charge in [0.2, 0.25) is 0 Å². The summed E-state index contributed by atoms with van der Waals surface area (Å²) >= 11 is 0. The van der Waals surface area contributed by atoms with Crippen LogP contribution in [0.4, 0.5) is 0 Å². The van der Waals surface area contributed by atoms with Crippen LogP contribution in [0.1, 0.15) is 34.1 Å². The lowest BCUT2D eigenvalue weighted by Gasteiger charge is -2.28. The molecule has 1 N–H and O–H groups in total. The van der Waals surface area contributed by atoms with Gasteiger partial charge in [-0.3, -0.25) is 9.69 Å². The highest BCUT2D eigenvalue weighted by Crippen LogP contribution is 2.31. The third-order valence-corrected chi connectivity index (χ3v) is 2.98. The highest BCUT2D eigenvalue weighted by molar-refractivity contribution is 5.73. The summed E-state index contributed by atoms with van der Waals surface area (Å²) in [6.45, 7) is 10.2. The fourth-order valence-corrected chi connectivity index (χ4v) is 2.25. The van der Waals surface area contributed by atoms with E-state index in [9.17, 15) is 4.79 Å². The lowest BCUT2D eigenvalue weighted by Crippen LogP contribution is -2.44. The second-order valence-electron chi connectivity index (χ2n) is 5.41. The summed E-state index contributed by atoms with van der Waals surface area (Å²) in [6, 6.07) is -0.309. The van der Waals surface area contributed by atoms with Crippen LogP contribution < -0.4 is 0 Å². The first-order valence-corrected chi connectivity index (χ1v) is 5.30. The van der Waals surface area contributed by atoms with Gasteiger partial charge in [-0.25, -0.2) is 0 Å². The Morgan fingerprint density at radius 2 is 2.00 bits per heavy atom. The van der Waals surface area contributed by atoms with Crippen molar-refractivity contribution in [1.29, 1.82) is 0 Å². The summed E-state index contributed by atoms with van der Waals surface area (Å²) in [6.07, 6.45) is 1.10. The minimum absolute atomic E-state index is 0.182. The van der Waals surface area contributed by atoms with E-state index in [1.54, 1.807) is 0 Å². The van der Waals surface area contributed by atoms with Crippen LogP contribution in [0.2, 0.25) is 0 Å². The fourth-order valence-electron chi connectivity index (χ4n) is 2.25. The van der Waals surface area contributed by atoms with Crippen LogP contribution in [0.3, 0.4) is 0 Å². The molecule has 0 aromatic heterocycles. The van der Waals surface area contributed by atoms with Gasteiger partial charge in [0.1, 0.15) is 6.04 Å². The predicted octanol–water partition coefficient (Wildman–Crippen LogP) is 1.83. The molecule has 1 saturated heterocycles. The molecule has 1 fully saturated rings. The topological polar surface area (TPSA) is 40.5 Å². The second-order valence-corrected chi connectivity index (χ2v) is 5.41. The van der Waals surface area contributed by atoms with E-state index in [2.05, 4.69) is 18.7 Å². The normalized spacial score (nSPS) is 24.1. The summed E-state index contributed by atoms with van der Waals surface area (Å²) in [5.74, 6) is -0.501. The molecule has 1 aliphatic rings. The van der Waals surface area contributed by atoms with Gasteiger partial charge < -0.3 is 5.11 Å². The molecule has 1 rings (SSSR count). The van der Waals surface area contributed by atoms with Gasteiger partial charge in [-0.15, -0.1) is 0 Å². The molecular weight excluding hydrogens is 178 g/mol. The van der Waals surface area contributed by atoms with Crippen molar-refractivity contribution < 1.29 is 9.90 Å². The van der Waals surface area contributed by atoms with Gasteiger partial charge in [0.15, 0.2) is 0 Å². The van der Waals surface area contributed by atoms with E-state index in [4.69, 9.17) is 5.11 Å². The smallest absolute Gasteiger partial charge is 0.321 e. The quantitative estimate of drug-likeness (QED) is 0.754. The highest BCUT2D eigenvalue weighted by Gasteiger charge is 2.37. The Morgan fingerprint density at radius 1 is 1.43 bits per heavy atom. The molecule has 14 heavy (non-hydrogen) atoms. The van der Waals surface area contributed by atoms with Crippen LogP contribution in [-0.2, 0) is 4.79 Å². The number of aliphatic carboxylic acids is 1. The molecule has 3 heteroatoms. The molecule has 0 aromatic carbocycles. The van der Waals surface area contributed by atoms with Crippen molar-refractivity contribution >= 4 is 5.97 Å². The average molecular weight is 199 g/mol. The maximum Gasteiger partial charge on any atom is 0.321 e.